The molecule has 6 N–H and O–H groups in total. The van der Waals surface area contributed by atoms with Gasteiger partial charge in [-0.2, -0.15) is 0 Å². The smallest absolute Gasteiger partial charge is 0.345 e. The summed E-state index contributed by atoms with van der Waals surface area (Å²) in [7, 11) is 0. The number of hydrogen-bond acceptors (Lipinski definition) is 5. The molecule has 0 saturated carbocycles. The van der Waals surface area contributed by atoms with Gasteiger partial charge in [0.05, 0.1) is 34.8 Å². The number of hydrogen-bond donors (Lipinski definition) is 5. The van der Waals surface area contributed by atoms with Crippen molar-refractivity contribution in [3.63, 3.8) is 0 Å². The number of nitrogen functional groups attached to an aromatic ring is 1. The number of amidine groups is 1. The first kappa shape index (κ1) is 16.6. The standard InChI is InChI=1S/C18H16N6O3/c19-17(20)9-1-3-12-14(5-9)24-16(23-12)7-15(18(25)26)27-10-2-4-11-13(6-10)22-8-21-11/h1-6,8,15H,7H2,(H3,19,20)(H,21,22)(H,23,24)(H,25,26). The highest BCUT2D eigenvalue weighted by molar-refractivity contribution is 5.97. The number of fused-ring (bicyclic) bond motifs is 2. The van der Waals surface area contributed by atoms with Gasteiger partial charge in [0.15, 0.2) is 0 Å². The zero-order valence-corrected chi connectivity index (χ0v) is 14.1. The molecule has 0 aliphatic carbocycles. The number of carbonyl (C=O) groups is 1. The van der Waals surface area contributed by atoms with Crippen molar-refractivity contribution in [2.24, 2.45) is 5.73 Å². The van der Waals surface area contributed by atoms with E-state index < -0.39 is 12.1 Å². The zero-order chi connectivity index (χ0) is 19.0. The Morgan fingerprint density at radius 1 is 1.22 bits per heavy atom. The molecule has 4 rings (SSSR count). The van der Waals surface area contributed by atoms with Gasteiger partial charge in [-0.05, 0) is 30.3 Å². The minimum Gasteiger partial charge on any atom is -0.478 e. The number of H-pyrrole nitrogens is 2. The summed E-state index contributed by atoms with van der Waals surface area (Å²) < 4.78 is 5.65. The van der Waals surface area contributed by atoms with Crippen molar-refractivity contribution in [2.75, 3.05) is 0 Å². The molecule has 9 nitrogen and oxygen atoms in total. The fourth-order valence-corrected chi connectivity index (χ4v) is 2.83. The van der Waals surface area contributed by atoms with Crippen molar-refractivity contribution < 1.29 is 14.6 Å². The van der Waals surface area contributed by atoms with Crippen LogP contribution in [0.1, 0.15) is 11.4 Å². The molecule has 1 atom stereocenters. The van der Waals surface area contributed by atoms with Crippen molar-refractivity contribution in [2.45, 2.75) is 12.5 Å². The quantitative estimate of drug-likeness (QED) is 0.260. The van der Waals surface area contributed by atoms with E-state index in [9.17, 15) is 9.90 Å². The SMILES string of the molecule is N=C(N)c1ccc2nc(CC(Oc3ccc4nc[nH]c4c3)C(=O)O)[nH]c2c1. The molecule has 2 aromatic heterocycles. The largest absolute Gasteiger partial charge is 0.478 e. The van der Waals surface area contributed by atoms with E-state index in [0.717, 1.165) is 11.0 Å². The van der Waals surface area contributed by atoms with E-state index in [1.54, 1.807) is 42.7 Å². The third-order valence-corrected chi connectivity index (χ3v) is 4.17. The number of aromatic amines is 2. The van der Waals surface area contributed by atoms with Crippen LogP contribution in [0.25, 0.3) is 22.1 Å². The van der Waals surface area contributed by atoms with E-state index in [1.165, 1.54) is 0 Å². The highest BCUT2D eigenvalue weighted by Crippen LogP contribution is 2.21. The zero-order valence-electron chi connectivity index (χ0n) is 14.1. The molecule has 0 spiro atoms. The first-order chi connectivity index (χ1) is 13.0. The monoisotopic (exact) mass is 364 g/mol. The fraction of sp³-hybridized carbons (Fsp3) is 0.111. The van der Waals surface area contributed by atoms with Gasteiger partial charge in [-0.3, -0.25) is 5.41 Å². The Labute approximate surface area is 152 Å². The Bertz CT molecular complexity index is 1160. The molecule has 0 radical (unpaired) electrons. The molecule has 0 fully saturated rings. The average Bonchev–Trinajstić information content (AvgIpc) is 3.25. The van der Waals surface area contributed by atoms with Crippen LogP contribution in [-0.4, -0.2) is 43.0 Å². The molecule has 9 heteroatoms. The molecule has 0 bridgehead atoms. The molecule has 0 aliphatic heterocycles. The van der Waals surface area contributed by atoms with Crippen molar-refractivity contribution in [1.29, 1.82) is 5.41 Å². The molecule has 2 heterocycles. The van der Waals surface area contributed by atoms with Crippen LogP contribution >= 0.6 is 0 Å². The lowest BCUT2D eigenvalue weighted by atomic mass is 10.2. The van der Waals surface area contributed by atoms with Crippen molar-refractivity contribution in [3.05, 3.63) is 54.1 Å². The van der Waals surface area contributed by atoms with Crippen LogP contribution in [0.15, 0.2) is 42.7 Å². The topological polar surface area (TPSA) is 154 Å². The summed E-state index contributed by atoms with van der Waals surface area (Å²) in [5.74, 6) is -0.242. The number of ether oxygens (including phenoxy) is 1. The lowest BCUT2D eigenvalue weighted by molar-refractivity contribution is -0.145. The molecule has 4 aromatic rings. The average molecular weight is 364 g/mol. The van der Waals surface area contributed by atoms with Crippen LogP contribution in [0.2, 0.25) is 0 Å². The second kappa shape index (κ2) is 6.45. The van der Waals surface area contributed by atoms with Gasteiger partial charge in [-0.15, -0.1) is 0 Å². The van der Waals surface area contributed by atoms with E-state index in [1.807, 2.05) is 0 Å². The van der Waals surface area contributed by atoms with Gasteiger partial charge in [-0.1, -0.05) is 0 Å². The lowest BCUT2D eigenvalue weighted by Crippen LogP contribution is -2.29. The lowest BCUT2D eigenvalue weighted by Gasteiger charge is -2.14. The molecular formula is C18H16N6O3. The fourth-order valence-electron chi connectivity index (χ4n) is 2.83. The van der Waals surface area contributed by atoms with E-state index in [0.29, 0.717) is 28.2 Å². The number of carboxylic acid groups (broad SMARTS) is 1. The van der Waals surface area contributed by atoms with Crippen LogP contribution in [0.5, 0.6) is 5.75 Å². The Hall–Kier alpha value is -3.88. The summed E-state index contributed by atoms with van der Waals surface area (Å²) in [5.41, 5.74) is 8.94. The number of benzene rings is 2. The van der Waals surface area contributed by atoms with Gasteiger partial charge in [-0.25, -0.2) is 14.8 Å². The van der Waals surface area contributed by atoms with E-state index in [2.05, 4.69) is 19.9 Å². The van der Waals surface area contributed by atoms with Gasteiger partial charge < -0.3 is 25.5 Å². The summed E-state index contributed by atoms with van der Waals surface area (Å²) in [5, 5.41) is 17.0. The summed E-state index contributed by atoms with van der Waals surface area (Å²) in [6.07, 6.45) is 0.506. The highest BCUT2D eigenvalue weighted by Gasteiger charge is 2.22. The maximum absolute atomic E-state index is 11.6. The number of imidazole rings is 2. The Morgan fingerprint density at radius 3 is 2.81 bits per heavy atom. The predicted molar refractivity (Wildman–Crippen MR) is 99.0 cm³/mol. The van der Waals surface area contributed by atoms with Gasteiger partial charge in [0.2, 0.25) is 6.10 Å². The van der Waals surface area contributed by atoms with Crippen molar-refractivity contribution in [3.8, 4) is 5.75 Å². The Balaban J connectivity index is 1.58. The van der Waals surface area contributed by atoms with E-state index in [4.69, 9.17) is 15.9 Å². The maximum atomic E-state index is 11.6. The van der Waals surface area contributed by atoms with Crippen molar-refractivity contribution in [1.82, 2.24) is 19.9 Å². The minimum absolute atomic E-state index is 0.0472. The number of nitrogens with one attached hydrogen (secondary N) is 3. The van der Waals surface area contributed by atoms with Gasteiger partial charge in [0.1, 0.15) is 17.4 Å². The number of carboxylic acids is 1. The molecule has 0 saturated heterocycles. The number of nitrogens with two attached hydrogens (primary N) is 1. The van der Waals surface area contributed by atoms with Crippen LogP contribution in [-0.2, 0) is 11.2 Å². The number of aliphatic carboxylic acids is 1. The number of rotatable bonds is 6. The molecular weight excluding hydrogens is 348 g/mol. The summed E-state index contributed by atoms with van der Waals surface area (Å²) in [6.45, 7) is 0. The summed E-state index contributed by atoms with van der Waals surface area (Å²) >= 11 is 0. The molecule has 0 amide bonds. The number of nitrogens with zero attached hydrogens (tertiary/aromatic N) is 2. The van der Waals surface area contributed by atoms with Crippen LogP contribution in [0.4, 0.5) is 0 Å². The minimum atomic E-state index is -1.11. The third kappa shape index (κ3) is 3.30. The predicted octanol–water partition coefficient (Wildman–Crippen LogP) is 1.80. The summed E-state index contributed by atoms with van der Waals surface area (Å²) in [4.78, 5) is 26.2. The molecule has 1 unspecified atom stereocenters. The van der Waals surface area contributed by atoms with Crippen LogP contribution in [0, 0.1) is 5.41 Å². The third-order valence-electron chi connectivity index (χ3n) is 4.17. The normalized spacial score (nSPS) is 12.3. The number of aromatic nitrogens is 4. The second-order valence-electron chi connectivity index (χ2n) is 6.06. The Kier molecular flexibility index (Phi) is 3.96. The molecule has 0 aliphatic rings. The summed E-state index contributed by atoms with van der Waals surface area (Å²) in [6, 6.07) is 10.3. The van der Waals surface area contributed by atoms with Crippen LogP contribution in [0.3, 0.4) is 0 Å². The van der Waals surface area contributed by atoms with Gasteiger partial charge >= 0.3 is 5.97 Å². The van der Waals surface area contributed by atoms with E-state index in [-0.39, 0.29) is 12.3 Å². The maximum Gasteiger partial charge on any atom is 0.345 e. The van der Waals surface area contributed by atoms with Gasteiger partial charge in [0, 0.05) is 11.6 Å². The van der Waals surface area contributed by atoms with Crippen LogP contribution < -0.4 is 10.5 Å². The Morgan fingerprint density at radius 2 is 2.04 bits per heavy atom. The van der Waals surface area contributed by atoms with Crippen molar-refractivity contribution >= 4 is 33.9 Å². The first-order valence-corrected chi connectivity index (χ1v) is 8.15. The van der Waals surface area contributed by atoms with E-state index >= 15 is 0 Å². The molecule has 27 heavy (non-hydrogen) atoms. The molecule has 136 valence electrons. The molecule has 2 aromatic carbocycles. The second-order valence-corrected chi connectivity index (χ2v) is 6.06. The van der Waals surface area contributed by atoms with Gasteiger partial charge in [0.25, 0.3) is 0 Å². The highest BCUT2D eigenvalue weighted by atomic mass is 16.5. The first-order valence-electron chi connectivity index (χ1n) is 8.15.